The third-order valence-corrected chi connectivity index (χ3v) is 2.39. The van der Waals surface area contributed by atoms with Gasteiger partial charge in [0, 0.05) is 18.7 Å². The first-order chi connectivity index (χ1) is 7.22. The molecule has 0 bridgehead atoms. The van der Waals surface area contributed by atoms with Gasteiger partial charge in [0.15, 0.2) is 5.65 Å². The van der Waals surface area contributed by atoms with Crippen LogP contribution in [0.15, 0.2) is 18.3 Å². The van der Waals surface area contributed by atoms with Crippen molar-refractivity contribution in [1.82, 2.24) is 19.9 Å². The zero-order valence-electron chi connectivity index (χ0n) is 9.36. The van der Waals surface area contributed by atoms with E-state index in [4.69, 9.17) is 0 Å². The van der Waals surface area contributed by atoms with Crippen molar-refractivity contribution in [2.24, 2.45) is 0 Å². The van der Waals surface area contributed by atoms with Gasteiger partial charge in [-0.3, -0.25) is 4.40 Å². The van der Waals surface area contributed by atoms with Crippen molar-refractivity contribution in [2.75, 3.05) is 7.05 Å². The number of nitrogens with one attached hydrogen (secondary N) is 1. The van der Waals surface area contributed by atoms with E-state index in [2.05, 4.69) is 46.0 Å². The largest absolute Gasteiger partial charge is 0.316 e. The number of rotatable bonds is 3. The summed E-state index contributed by atoms with van der Waals surface area (Å²) in [6.45, 7) is 5.12. The number of aromatic nitrogens is 3. The minimum Gasteiger partial charge on any atom is -0.316 e. The Labute approximate surface area is 89.3 Å². The molecule has 0 aliphatic carbocycles. The maximum absolute atomic E-state index is 4.19. The van der Waals surface area contributed by atoms with Gasteiger partial charge in [0.05, 0.1) is 0 Å². The fourth-order valence-electron chi connectivity index (χ4n) is 1.65. The molecular weight excluding hydrogens is 188 g/mol. The van der Waals surface area contributed by atoms with Crippen LogP contribution in [0, 0.1) is 0 Å². The highest BCUT2D eigenvalue weighted by molar-refractivity contribution is 5.39. The molecule has 80 valence electrons. The summed E-state index contributed by atoms with van der Waals surface area (Å²) in [5, 5.41) is 11.5. The third kappa shape index (κ3) is 1.85. The van der Waals surface area contributed by atoms with Crippen LogP contribution in [0.3, 0.4) is 0 Å². The maximum atomic E-state index is 4.19. The Bertz CT molecular complexity index is 459. The van der Waals surface area contributed by atoms with Gasteiger partial charge in [-0.15, -0.1) is 10.2 Å². The standard InChI is InChI=1S/C11H16N4/c1-8(2)11-14-13-10-5-4-9(6-12-3)7-15(10)11/h4-5,7-8,12H,6H2,1-3H3. The molecule has 0 amide bonds. The molecule has 2 aromatic heterocycles. The van der Waals surface area contributed by atoms with E-state index >= 15 is 0 Å². The summed E-state index contributed by atoms with van der Waals surface area (Å²) in [6, 6.07) is 4.08. The smallest absolute Gasteiger partial charge is 0.160 e. The molecule has 15 heavy (non-hydrogen) atoms. The molecule has 0 aromatic carbocycles. The molecule has 4 heteroatoms. The fraction of sp³-hybridized carbons (Fsp3) is 0.455. The molecule has 2 rings (SSSR count). The highest BCUT2D eigenvalue weighted by Crippen LogP contribution is 2.14. The highest BCUT2D eigenvalue weighted by Gasteiger charge is 2.08. The van der Waals surface area contributed by atoms with Crippen LogP contribution in [-0.4, -0.2) is 21.6 Å². The van der Waals surface area contributed by atoms with Crippen molar-refractivity contribution in [3.8, 4) is 0 Å². The topological polar surface area (TPSA) is 42.2 Å². The van der Waals surface area contributed by atoms with E-state index in [9.17, 15) is 0 Å². The summed E-state index contributed by atoms with van der Waals surface area (Å²) in [5.41, 5.74) is 2.16. The van der Waals surface area contributed by atoms with Crippen molar-refractivity contribution >= 4 is 5.65 Å². The summed E-state index contributed by atoms with van der Waals surface area (Å²) in [6.07, 6.45) is 2.10. The van der Waals surface area contributed by atoms with Crippen LogP contribution in [0.2, 0.25) is 0 Å². The summed E-state index contributed by atoms with van der Waals surface area (Å²) in [7, 11) is 1.94. The summed E-state index contributed by atoms with van der Waals surface area (Å²) in [4.78, 5) is 0. The second-order valence-electron chi connectivity index (χ2n) is 4.01. The van der Waals surface area contributed by atoms with E-state index in [1.54, 1.807) is 0 Å². The number of hydrogen-bond donors (Lipinski definition) is 1. The van der Waals surface area contributed by atoms with E-state index < -0.39 is 0 Å². The van der Waals surface area contributed by atoms with Gasteiger partial charge < -0.3 is 5.32 Å². The van der Waals surface area contributed by atoms with Crippen molar-refractivity contribution in [3.05, 3.63) is 29.7 Å². The van der Waals surface area contributed by atoms with E-state index in [-0.39, 0.29) is 0 Å². The number of fused-ring (bicyclic) bond motifs is 1. The molecule has 1 N–H and O–H groups in total. The van der Waals surface area contributed by atoms with Gasteiger partial charge in [0.2, 0.25) is 0 Å². The van der Waals surface area contributed by atoms with Gasteiger partial charge in [-0.25, -0.2) is 0 Å². The number of hydrogen-bond acceptors (Lipinski definition) is 3. The number of pyridine rings is 1. The van der Waals surface area contributed by atoms with Gasteiger partial charge in [0.1, 0.15) is 5.82 Å². The van der Waals surface area contributed by atoms with Crippen LogP contribution in [0.25, 0.3) is 5.65 Å². The third-order valence-electron chi connectivity index (χ3n) is 2.39. The van der Waals surface area contributed by atoms with Crippen LogP contribution in [-0.2, 0) is 6.54 Å². The molecule has 0 atom stereocenters. The van der Waals surface area contributed by atoms with E-state index in [1.807, 2.05) is 13.1 Å². The average Bonchev–Trinajstić information content (AvgIpc) is 2.61. The minimum atomic E-state index is 0.393. The second-order valence-corrected chi connectivity index (χ2v) is 4.01. The van der Waals surface area contributed by atoms with Gasteiger partial charge in [-0.2, -0.15) is 0 Å². The molecule has 0 fully saturated rings. The lowest BCUT2D eigenvalue weighted by molar-refractivity contribution is 0.751. The Morgan fingerprint density at radius 3 is 2.80 bits per heavy atom. The molecule has 0 saturated heterocycles. The Morgan fingerprint density at radius 2 is 2.13 bits per heavy atom. The zero-order valence-corrected chi connectivity index (χ0v) is 9.36. The van der Waals surface area contributed by atoms with Gasteiger partial charge >= 0.3 is 0 Å². The molecule has 0 aliphatic heterocycles. The highest BCUT2D eigenvalue weighted by atomic mass is 15.2. The SMILES string of the molecule is CNCc1ccc2nnc(C(C)C)n2c1. The normalized spacial score (nSPS) is 11.5. The van der Waals surface area contributed by atoms with Gasteiger partial charge in [0.25, 0.3) is 0 Å². The predicted molar refractivity (Wildman–Crippen MR) is 59.8 cm³/mol. The molecule has 4 nitrogen and oxygen atoms in total. The maximum Gasteiger partial charge on any atom is 0.160 e. The average molecular weight is 204 g/mol. The summed E-state index contributed by atoms with van der Waals surface area (Å²) >= 11 is 0. The van der Waals surface area contributed by atoms with Crippen LogP contribution >= 0.6 is 0 Å². The van der Waals surface area contributed by atoms with Gasteiger partial charge in [-0.05, 0) is 18.7 Å². The molecule has 0 radical (unpaired) electrons. The quantitative estimate of drug-likeness (QED) is 0.825. The fourth-order valence-corrected chi connectivity index (χ4v) is 1.65. The van der Waals surface area contributed by atoms with Crippen molar-refractivity contribution < 1.29 is 0 Å². The molecule has 0 unspecified atom stereocenters. The first-order valence-corrected chi connectivity index (χ1v) is 5.20. The molecular formula is C11H16N4. The lowest BCUT2D eigenvalue weighted by Gasteiger charge is -2.05. The lowest BCUT2D eigenvalue weighted by atomic mass is 10.2. The summed E-state index contributed by atoms with van der Waals surface area (Å²) in [5.74, 6) is 1.41. The first kappa shape index (κ1) is 10.1. The second kappa shape index (κ2) is 3.98. The Balaban J connectivity index is 2.51. The Morgan fingerprint density at radius 1 is 1.33 bits per heavy atom. The first-order valence-electron chi connectivity index (χ1n) is 5.20. The van der Waals surface area contributed by atoms with Crippen LogP contribution < -0.4 is 5.32 Å². The summed E-state index contributed by atoms with van der Waals surface area (Å²) < 4.78 is 2.07. The zero-order chi connectivity index (χ0) is 10.8. The molecule has 0 spiro atoms. The number of nitrogens with zero attached hydrogens (tertiary/aromatic N) is 3. The monoisotopic (exact) mass is 204 g/mol. The van der Waals surface area contributed by atoms with Crippen molar-refractivity contribution in [1.29, 1.82) is 0 Å². The van der Waals surface area contributed by atoms with Crippen LogP contribution in [0.1, 0.15) is 31.2 Å². The van der Waals surface area contributed by atoms with Crippen LogP contribution in [0.4, 0.5) is 0 Å². The molecule has 0 aliphatic rings. The van der Waals surface area contributed by atoms with Crippen molar-refractivity contribution in [3.63, 3.8) is 0 Å². The van der Waals surface area contributed by atoms with E-state index in [1.165, 1.54) is 5.56 Å². The van der Waals surface area contributed by atoms with E-state index in [0.29, 0.717) is 5.92 Å². The van der Waals surface area contributed by atoms with Crippen molar-refractivity contribution in [2.45, 2.75) is 26.3 Å². The van der Waals surface area contributed by atoms with Crippen LogP contribution in [0.5, 0.6) is 0 Å². The Kier molecular flexibility index (Phi) is 2.68. The molecule has 2 aromatic rings. The Hall–Kier alpha value is -1.42. The lowest BCUT2D eigenvalue weighted by Crippen LogP contribution is -2.06. The minimum absolute atomic E-state index is 0.393. The van der Waals surface area contributed by atoms with Gasteiger partial charge in [-0.1, -0.05) is 19.9 Å². The predicted octanol–water partition coefficient (Wildman–Crippen LogP) is 1.57. The molecule has 0 saturated carbocycles. The van der Waals surface area contributed by atoms with E-state index in [0.717, 1.165) is 18.0 Å². The molecule has 2 heterocycles.